The summed E-state index contributed by atoms with van der Waals surface area (Å²) in [5.41, 5.74) is 0.575. The molecule has 1 aliphatic heterocycles. The van der Waals surface area contributed by atoms with Crippen LogP contribution in [0.15, 0.2) is 11.6 Å². The fourth-order valence-electron chi connectivity index (χ4n) is 1.21. The van der Waals surface area contributed by atoms with Crippen LogP contribution in [0, 0.1) is 5.92 Å². The maximum absolute atomic E-state index is 11.1. The van der Waals surface area contributed by atoms with Crippen LogP contribution in [0.4, 0.5) is 0 Å². The molecule has 4 heteroatoms. The molecule has 0 saturated carbocycles. The third kappa shape index (κ3) is 2.31. The van der Waals surface area contributed by atoms with Crippen LogP contribution in [0.25, 0.3) is 0 Å². The second-order valence-electron chi connectivity index (χ2n) is 3.32. The predicted octanol–water partition coefficient (Wildman–Crippen LogP) is 0.969. The summed E-state index contributed by atoms with van der Waals surface area (Å²) in [5.74, 6) is -1.26. The Kier molecular flexibility index (Phi) is 2.70. The van der Waals surface area contributed by atoms with E-state index in [4.69, 9.17) is 9.84 Å². The van der Waals surface area contributed by atoms with Gasteiger partial charge in [-0.05, 0) is 12.0 Å². The number of esters is 1. The number of rotatable bonds is 3. The number of carboxylic acid groups (broad SMARTS) is 1. The molecule has 1 heterocycles. The second kappa shape index (κ2) is 3.60. The zero-order valence-corrected chi connectivity index (χ0v) is 7.61. The lowest BCUT2D eigenvalue weighted by Crippen LogP contribution is -2.13. The Labute approximate surface area is 76.2 Å². The molecule has 0 amide bonds. The lowest BCUT2D eigenvalue weighted by Gasteiger charge is -2.03. The Morgan fingerprint density at radius 2 is 2.31 bits per heavy atom. The van der Waals surface area contributed by atoms with Crippen molar-refractivity contribution >= 4 is 11.9 Å². The number of carbonyl (C=O) groups is 2. The normalized spacial score (nSPS) is 21.6. The van der Waals surface area contributed by atoms with Gasteiger partial charge in [0.1, 0.15) is 6.10 Å². The minimum Gasteiger partial charge on any atom is -0.481 e. The first-order chi connectivity index (χ1) is 6.00. The van der Waals surface area contributed by atoms with Gasteiger partial charge in [-0.3, -0.25) is 4.79 Å². The Bertz CT molecular complexity index is 265. The van der Waals surface area contributed by atoms with E-state index >= 15 is 0 Å². The SMILES string of the molecule is CC(C)C1=CC(CC(=O)O)OC1=O. The first-order valence-corrected chi connectivity index (χ1v) is 4.15. The van der Waals surface area contributed by atoms with Crippen molar-refractivity contribution in [2.45, 2.75) is 26.4 Å². The summed E-state index contributed by atoms with van der Waals surface area (Å²) in [6.45, 7) is 3.74. The molecule has 0 aromatic rings. The molecule has 0 aromatic carbocycles. The van der Waals surface area contributed by atoms with Crippen LogP contribution in [0.5, 0.6) is 0 Å². The average molecular weight is 184 g/mol. The summed E-state index contributed by atoms with van der Waals surface area (Å²) in [6, 6.07) is 0. The fourth-order valence-corrected chi connectivity index (χ4v) is 1.21. The van der Waals surface area contributed by atoms with E-state index in [1.165, 1.54) is 0 Å². The molecule has 1 unspecified atom stereocenters. The van der Waals surface area contributed by atoms with Crippen molar-refractivity contribution < 1.29 is 19.4 Å². The summed E-state index contributed by atoms with van der Waals surface area (Å²) >= 11 is 0. The topological polar surface area (TPSA) is 63.6 Å². The van der Waals surface area contributed by atoms with Crippen LogP contribution in [0.2, 0.25) is 0 Å². The Morgan fingerprint density at radius 3 is 2.69 bits per heavy atom. The summed E-state index contributed by atoms with van der Waals surface area (Å²) in [6.07, 6.45) is 0.866. The number of cyclic esters (lactones) is 1. The zero-order valence-electron chi connectivity index (χ0n) is 7.61. The molecule has 1 atom stereocenters. The number of ether oxygens (including phenoxy) is 1. The minimum absolute atomic E-state index is 0.0892. The molecule has 1 rings (SSSR count). The molecule has 4 nitrogen and oxygen atoms in total. The van der Waals surface area contributed by atoms with Gasteiger partial charge in [0, 0.05) is 5.57 Å². The first kappa shape index (κ1) is 9.77. The highest BCUT2D eigenvalue weighted by Gasteiger charge is 2.28. The molecule has 13 heavy (non-hydrogen) atoms. The summed E-state index contributed by atoms with van der Waals surface area (Å²) in [5, 5.41) is 8.46. The number of aliphatic carboxylic acids is 1. The lowest BCUT2D eigenvalue weighted by atomic mass is 10.0. The second-order valence-corrected chi connectivity index (χ2v) is 3.32. The number of carboxylic acids is 1. The molecule has 72 valence electrons. The van der Waals surface area contributed by atoms with E-state index < -0.39 is 12.1 Å². The van der Waals surface area contributed by atoms with Gasteiger partial charge in [-0.1, -0.05) is 13.8 Å². The highest BCUT2D eigenvalue weighted by molar-refractivity contribution is 5.91. The van der Waals surface area contributed by atoms with E-state index in [1.54, 1.807) is 6.08 Å². The predicted molar refractivity (Wildman–Crippen MR) is 45.1 cm³/mol. The van der Waals surface area contributed by atoms with E-state index in [0.717, 1.165) is 0 Å². The number of hydrogen-bond donors (Lipinski definition) is 1. The average Bonchev–Trinajstić information content (AvgIpc) is 2.29. The maximum atomic E-state index is 11.1. The summed E-state index contributed by atoms with van der Waals surface area (Å²) < 4.78 is 4.83. The zero-order chi connectivity index (χ0) is 10.0. The quantitative estimate of drug-likeness (QED) is 0.664. The van der Waals surface area contributed by atoms with Crippen LogP contribution in [-0.4, -0.2) is 23.1 Å². The highest BCUT2D eigenvalue weighted by Crippen LogP contribution is 2.22. The van der Waals surface area contributed by atoms with Gasteiger partial charge in [-0.2, -0.15) is 0 Å². The van der Waals surface area contributed by atoms with Crippen molar-refractivity contribution in [3.63, 3.8) is 0 Å². The van der Waals surface area contributed by atoms with Crippen molar-refractivity contribution in [3.8, 4) is 0 Å². The molecule has 0 aromatic heterocycles. The van der Waals surface area contributed by atoms with Crippen LogP contribution in [0.1, 0.15) is 20.3 Å². The molecular weight excluding hydrogens is 172 g/mol. The van der Waals surface area contributed by atoms with Crippen molar-refractivity contribution in [3.05, 3.63) is 11.6 Å². The molecule has 1 N–H and O–H groups in total. The largest absolute Gasteiger partial charge is 0.481 e. The van der Waals surface area contributed by atoms with E-state index in [9.17, 15) is 9.59 Å². The first-order valence-electron chi connectivity index (χ1n) is 4.15. The van der Waals surface area contributed by atoms with Gasteiger partial charge in [0.25, 0.3) is 0 Å². The van der Waals surface area contributed by atoms with Gasteiger partial charge < -0.3 is 9.84 Å². The van der Waals surface area contributed by atoms with Gasteiger partial charge in [-0.15, -0.1) is 0 Å². The van der Waals surface area contributed by atoms with E-state index in [1.807, 2.05) is 13.8 Å². The summed E-state index contributed by atoms with van der Waals surface area (Å²) in [4.78, 5) is 21.4. The van der Waals surface area contributed by atoms with E-state index in [0.29, 0.717) is 5.57 Å². The van der Waals surface area contributed by atoms with Crippen LogP contribution >= 0.6 is 0 Å². The number of carbonyl (C=O) groups excluding carboxylic acids is 1. The smallest absolute Gasteiger partial charge is 0.334 e. The molecular formula is C9H12O4. The molecule has 0 aliphatic carbocycles. The maximum Gasteiger partial charge on any atom is 0.334 e. The minimum atomic E-state index is -0.959. The molecule has 1 aliphatic rings. The Balaban J connectivity index is 2.66. The molecule has 0 radical (unpaired) electrons. The van der Waals surface area contributed by atoms with Crippen LogP contribution < -0.4 is 0 Å². The van der Waals surface area contributed by atoms with E-state index in [2.05, 4.69) is 0 Å². The fraction of sp³-hybridized carbons (Fsp3) is 0.556. The monoisotopic (exact) mass is 184 g/mol. The Hall–Kier alpha value is -1.32. The third-order valence-electron chi connectivity index (χ3n) is 1.86. The summed E-state index contributed by atoms with van der Waals surface area (Å²) in [7, 11) is 0. The van der Waals surface area contributed by atoms with Crippen molar-refractivity contribution in [1.82, 2.24) is 0 Å². The molecule has 0 bridgehead atoms. The van der Waals surface area contributed by atoms with Crippen LogP contribution in [0.3, 0.4) is 0 Å². The van der Waals surface area contributed by atoms with E-state index in [-0.39, 0.29) is 18.3 Å². The van der Waals surface area contributed by atoms with Gasteiger partial charge in [0.2, 0.25) is 0 Å². The molecule has 0 saturated heterocycles. The highest BCUT2D eigenvalue weighted by atomic mass is 16.5. The van der Waals surface area contributed by atoms with Gasteiger partial charge in [0.05, 0.1) is 6.42 Å². The Morgan fingerprint density at radius 1 is 1.69 bits per heavy atom. The lowest BCUT2D eigenvalue weighted by molar-refractivity contribution is -0.144. The van der Waals surface area contributed by atoms with Crippen molar-refractivity contribution in [2.75, 3.05) is 0 Å². The van der Waals surface area contributed by atoms with Crippen molar-refractivity contribution in [1.29, 1.82) is 0 Å². The van der Waals surface area contributed by atoms with Gasteiger partial charge in [-0.25, -0.2) is 4.79 Å². The van der Waals surface area contributed by atoms with Gasteiger partial charge in [0.15, 0.2) is 0 Å². The standard InChI is InChI=1S/C9H12O4/c1-5(2)7-3-6(4-8(10)11)13-9(7)12/h3,5-6H,4H2,1-2H3,(H,10,11). The number of hydrogen-bond acceptors (Lipinski definition) is 3. The third-order valence-corrected chi connectivity index (χ3v) is 1.86. The van der Waals surface area contributed by atoms with Gasteiger partial charge >= 0.3 is 11.9 Å². The van der Waals surface area contributed by atoms with Crippen molar-refractivity contribution in [2.24, 2.45) is 5.92 Å². The molecule has 0 spiro atoms. The van der Waals surface area contributed by atoms with Crippen LogP contribution in [-0.2, 0) is 14.3 Å². The molecule has 0 fully saturated rings.